The van der Waals surface area contributed by atoms with E-state index in [1.165, 1.54) is 5.56 Å². The fourth-order valence-corrected chi connectivity index (χ4v) is 2.58. The van der Waals surface area contributed by atoms with Gasteiger partial charge in [-0.15, -0.1) is 0 Å². The number of aryl methyl sites for hydroxylation is 1. The standard InChI is InChI=1S/C16H24N2O/c1-12-4-6-13(7-5-12)10-15(19)18-14-8-9-17-11-16(14,2)3/h4-7,14,17H,8-11H2,1-3H3,(H,18,19). The van der Waals surface area contributed by atoms with Gasteiger partial charge in [-0.25, -0.2) is 0 Å². The summed E-state index contributed by atoms with van der Waals surface area (Å²) in [6.07, 6.45) is 1.48. The number of hydrogen-bond donors (Lipinski definition) is 2. The van der Waals surface area contributed by atoms with Crippen molar-refractivity contribution in [2.24, 2.45) is 5.41 Å². The zero-order chi connectivity index (χ0) is 13.9. The minimum atomic E-state index is 0.126. The zero-order valence-electron chi connectivity index (χ0n) is 12.1. The van der Waals surface area contributed by atoms with Gasteiger partial charge in [0, 0.05) is 12.6 Å². The molecule has 1 heterocycles. The number of amides is 1. The van der Waals surface area contributed by atoms with Gasteiger partial charge in [-0.2, -0.15) is 0 Å². The molecule has 1 aliphatic heterocycles. The summed E-state index contributed by atoms with van der Waals surface area (Å²) in [6.45, 7) is 8.41. The van der Waals surface area contributed by atoms with Crippen LogP contribution in [-0.4, -0.2) is 25.0 Å². The van der Waals surface area contributed by atoms with Crippen molar-refractivity contribution in [1.82, 2.24) is 10.6 Å². The Bertz CT molecular complexity index is 437. The van der Waals surface area contributed by atoms with Gasteiger partial charge < -0.3 is 10.6 Å². The van der Waals surface area contributed by atoms with Crippen LogP contribution in [0.5, 0.6) is 0 Å². The van der Waals surface area contributed by atoms with Crippen molar-refractivity contribution in [3.8, 4) is 0 Å². The molecule has 0 bridgehead atoms. The first-order valence-corrected chi connectivity index (χ1v) is 7.03. The quantitative estimate of drug-likeness (QED) is 0.873. The van der Waals surface area contributed by atoms with Gasteiger partial charge in [0.05, 0.1) is 6.42 Å². The van der Waals surface area contributed by atoms with Crippen LogP contribution >= 0.6 is 0 Å². The van der Waals surface area contributed by atoms with Crippen LogP contribution in [0.1, 0.15) is 31.4 Å². The van der Waals surface area contributed by atoms with Crippen molar-refractivity contribution in [3.63, 3.8) is 0 Å². The lowest BCUT2D eigenvalue weighted by Gasteiger charge is -2.39. The first kappa shape index (κ1) is 14.1. The molecule has 1 saturated heterocycles. The molecule has 1 aromatic carbocycles. The second-order valence-corrected chi connectivity index (χ2v) is 6.24. The van der Waals surface area contributed by atoms with E-state index < -0.39 is 0 Å². The summed E-state index contributed by atoms with van der Waals surface area (Å²) in [4.78, 5) is 12.1. The first-order chi connectivity index (χ1) is 8.97. The predicted molar refractivity (Wildman–Crippen MR) is 78.1 cm³/mol. The molecule has 1 aliphatic rings. The van der Waals surface area contributed by atoms with Gasteiger partial charge >= 0.3 is 0 Å². The van der Waals surface area contributed by atoms with E-state index in [1.807, 2.05) is 12.1 Å². The minimum Gasteiger partial charge on any atom is -0.352 e. The Hall–Kier alpha value is -1.35. The molecule has 2 N–H and O–H groups in total. The topological polar surface area (TPSA) is 41.1 Å². The van der Waals surface area contributed by atoms with Crippen LogP contribution in [0.25, 0.3) is 0 Å². The number of carbonyl (C=O) groups is 1. The molecule has 1 aromatic rings. The number of nitrogens with one attached hydrogen (secondary N) is 2. The maximum atomic E-state index is 12.1. The Labute approximate surface area is 115 Å². The molecule has 1 amide bonds. The summed E-state index contributed by atoms with van der Waals surface area (Å²) in [6, 6.07) is 8.44. The molecule has 0 aromatic heterocycles. The number of hydrogen-bond acceptors (Lipinski definition) is 2. The van der Waals surface area contributed by atoms with E-state index in [0.29, 0.717) is 6.42 Å². The number of benzene rings is 1. The highest BCUT2D eigenvalue weighted by Crippen LogP contribution is 2.25. The van der Waals surface area contributed by atoms with Crippen LogP contribution in [-0.2, 0) is 11.2 Å². The highest BCUT2D eigenvalue weighted by molar-refractivity contribution is 5.79. The maximum absolute atomic E-state index is 12.1. The number of rotatable bonds is 3. The summed E-state index contributed by atoms with van der Waals surface area (Å²) < 4.78 is 0. The van der Waals surface area contributed by atoms with Gasteiger partial charge in [0.15, 0.2) is 0 Å². The monoisotopic (exact) mass is 260 g/mol. The zero-order valence-corrected chi connectivity index (χ0v) is 12.1. The number of carbonyl (C=O) groups excluding carboxylic acids is 1. The van der Waals surface area contributed by atoms with Gasteiger partial charge in [-0.05, 0) is 30.9 Å². The largest absolute Gasteiger partial charge is 0.352 e. The van der Waals surface area contributed by atoms with E-state index in [2.05, 4.69) is 43.5 Å². The molecule has 2 rings (SSSR count). The van der Waals surface area contributed by atoms with Crippen LogP contribution in [0.3, 0.4) is 0 Å². The molecule has 0 radical (unpaired) electrons. The Balaban J connectivity index is 1.92. The van der Waals surface area contributed by atoms with E-state index >= 15 is 0 Å². The first-order valence-electron chi connectivity index (χ1n) is 7.03. The van der Waals surface area contributed by atoms with Crippen molar-refractivity contribution in [2.45, 2.75) is 39.7 Å². The van der Waals surface area contributed by atoms with Gasteiger partial charge in [-0.1, -0.05) is 43.7 Å². The summed E-state index contributed by atoms with van der Waals surface area (Å²) in [5.41, 5.74) is 2.43. The van der Waals surface area contributed by atoms with Crippen molar-refractivity contribution in [3.05, 3.63) is 35.4 Å². The molecule has 1 fully saturated rings. The normalized spacial score (nSPS) is 21.9. The molecule has 1 unspecified atom stereocenters. The molecule has 0 aliphatic carbocycles. The van der Waals surface area contributed by atoms with Gasteiger partial charge in [0.1, 0.15) is 0 Å². The summed E-state index contributed by atoms with van der Waals surface area (Å²) in [5.74, 6) is 0.129. The molecule has 0 saturated carbocycles. The second-order valence-electron chi connectivity index (χ2n) is 6.24. The lowest BCUT2D eigenvalue weighted by molar-refractivity contribution is -0.122. The molecular weight excluding hydrogens is 236 g/mol. The molecule has 19 heavy (non-hydrogen) atoms. The smallest absolute Gasteiger partial charge is 0.224 e. The third-order valence-corrected chi connectivity index (χ3v) is 3.95. The van der Waals surface area contributed by atoms with Gasteiger partial charge in [-0.3, -0.25) is 4.79 Å². The van der Waals surface area contributed by atoms with E-state index in [0.717, 1.165) is 25.1 Å². The van der Waals surface area contributed by atoms with Crippen molar-refractivity contribution in [1.29, 1.82) is 0 Å². The Kier molecular flexibility index (Phi) is 4.25. The lowest BCUT2D eigenvalue weighted by atomic mass is 9.80. The fraction of sp³-hybridized carbons (Fsp3) is 0.562. The van der Waals surface area contributed by atoms with Crippen LogP contribution < -0.4 is 10.6 Å². The Morgan fingerprint density at radius 1 is 1.37 bits per heavy atom. The highest BCUT2D eigenvalue weighted by atomic mass is 16.1. The predicted octanol–water partition coefficient (Wildman–Crippen LogP) is 2.04. The molecule has 104 valence electrons. The van der Waals surface area contributed by atoms with Crippen molar-refractivity contribution in [2.75, 3.05) is 13.1 Å². The van der Waals surface area contributed by atoms with E-state index in [1.54, 1.807) is 0 Å². The van der Waals surface area contributed by atoms with E-state index in [4.69, 9.17) is 0 Å². The Morgan fingerprint density at radius 3 is 2.68 bits per heavy atom. The molecular formula is C16H24N2O. The lowest BCUT2D eigenvalue weighted by Crippen LogP contribution is -2.54. The summed E-state index contributed by atoms with van der Waals surface area (Å²) in [5, 5.41) is 6.58. The third kappa shape index (κ3) is 3.80. The second kappa shape index (κ2) is 5.74. The van der Waals surface area contributed by atoms with Gasteiger partial charge in [0.2, 0.25) is 5.91 Å². The van der Waals surface area contributed by atoms with Crippen LogP contribution in [0.2, 0.25) is 0 Å². The maximum Gasteiger partial charge on any atom is 0.224 e. The molecule has 3 heteroatoms. The minimum absolute atomic E-state index is 0.126. The van der Waals surface area contributed by atoms with Crippen LogP contribution in [0.4, 0.5) is 0 Å². The van der Waals surface area contributed by atoms with E-state index in [9.17, 15) is 4.79 Å². The summed E-state index contributed by atoms with van der Waals surface area (Å²) >= 11 is 0. The van der Waals surface area contributed by atoms with Crippen LogP contribution in [0, 0.1) is 12.3 Å². The molecule has 1 atom stereocenters. The average molecular weight is 260 g/mol. The molecule has 3 nitrogen and oxygen atoms in total. The van der Waals surface area contributed by atoms with Crippen molar-refractivity contribution >= 4 is 5.91 Å². The molecule has 0 spiro atoms. The summed E-state index contributed by atoms with van der Waals surface area (Å²) in [7, 11) is 0. The number of piperidine rings is 1. The van der Waals surface area contributed by atoms with Crippen LogP contribution in [0.15, 0.2) is 24.3 Å². The van der Waals surface area contributed by atoms with Gasteiger partial charge in [0.25, 0.3) is 0 Å². The van der Waals surface area contributed by atoms with Crippen molar-refractivity contribution < 1.29 is 4.79 Å². The highest BCUT2D eigenvalue weighted by Gasteiger charge is 2.32. The average Bonchev–Trinajstić information content (AvgIpc) is 2.35. The SMILES string of the molecule is Cc1ccc(CC(=O)NC2CCNCC2(C)C)cc1. The fourth-order valence-electron chi connectivity index (χ4n) is 2.58. The Morgan fingerprint density at radius 2 is 2.05 bits per heavy atom. The van der Waals surface area contributed by atoms with E-state index in [-0.39, 0.29) is 17.4 Å². The third-order valence-electron chi connectivity index (χ3n) is 3.95.